The van der Waals surface area contributed by atoms with Crippen molar-refractivity contribution in [3.8, 4) is 11.3 Å². The third-order valence-electron chi connectivity index (χ3n) is 5.43. The van der Waals surface area contributed by atoms with Crippen molar-refractivity contribution in [1.82, 2.24) is 29.0 Å². The Balaban J connectivity index is 1.30. The Kier molecular flexibility index (Phi) is 4.39. The van der Waals surface area contributed by atoms with Crippen LogP contribution >= 0.6 is 0 Å². The van der Waals surface area contributed by atoms with Crippen LogP contribution in [-0.2, 0) is 6.54 Å². The summed E-state index contributed by atoms with van der Waals surface area (Å²) in [6.45, 7) is 3.51. The standard InChI is InChI=1S/C22H20N6O2/c1-15-21(27-11-3-2-4-19(27)24-15)22(30)26-12-16(13-26)14-28-20(29)6-5-18(25-28)17-7-9-23-10-8-17/h2-11,16H,12-14H2,1H3. The number of aromatic nitrogens is 5. The van der Waals surface area contributed by atoms with E-state index < -0.39 is 0 Å². The molecule has 5 rings (SSSR count). The predicted octanol–water partition coefficient (Wildman–Crippen LogP) is 2.03. The molecule has 0 aliphatic carbocycles. The Morgan fingerprint density at radius 2 is 1.90 bits per heavy atom. The van der Waals surface area contributed by atoms with Crippen LogP contribution in [0.4, 0.5) is 0 Å². The van der Waals surface area contributed by atoms with Crippen LogP contribution in [0.2, 0.25) is 0 Å². The zero-order valence-corrected chi connectivity index (χ0v) is 16.5. The Morgan fingerprint density at radius 3 is 2.70 bits per heavy atom. The summed E-state index contributed by atoms with van der Waals surface area (Å²) in [5, 5.41) is 4.50. The van der Waals surface area contributed by atoms with Crippen molar-refractivity contribution in [2.45, 2.75) is 13.5 Å². The van der Waals surface area contributed by atoms with E-state index in [4.69, 9.17) is 0 Å². The number of nitrogens with zero attached hydrogens (tertiary/aromatic N) is 6. The number of rotatable bonds is 4. The van der Waals surface area contributed by atoms with E-state index in [2.05, 4.69) is 15.1 Å². The smallest absolute Gasteiger partial charge is 0.272 e. The highest BCUT2D eigenvalue weighted by Gasteiger charge is 2.34. The molecule has 8 nitrogen and oxygen atoms in total. The lowest BCUT2D eigenvalue weighted by molar-refractivity contribution is 0.0451. The Bertz CT molecular complexity index is 1290. The van der Waals surface area contributed by atoms with Gasteiger partial charge in [-0.3, -0.25) is 19.0 Å². The number of imidazole rings is 1. The summed E-state index contributed by atoms with van der Waals surface area (Å²) in [4.78, 5) is 35.5. The molecule has 150 valence electrons. The zero-order valence-electron chi connectivity index (χ0n) is 16.5. The molecule has 1 saturated heterocycles. The summed E-state index contributed by atoms with van der Waals surface area (Å²) in [7, 11) is 0. The largest absolute Gasteiger partial charge is 0.336 e. The summed E-state index contributed by atoms with van der Waals surface area (Å²) in [5.74, 6) is 0.152. The predicted molar refractivity (Wildman–Crippen MR) is 111 cm³/mol. The van der Waals surface area contributed by atoms with Gasteiger partial charge in [-0.2, -0.15) is 5.10 Å². The van der Waals surface area contributed by atoms with E-state index in [1.165, 1.54) is 10.7 Å². The minimum Gasteiger partial charge on any atom is -0.336 e. The summed E-state index contributed by atoms with van der Waals surface area (Å²) < 4.78 is 3.32. The topological polar surface area (TPSA) is 85.4 Å². The number of fused-ring (bicyclic) bond motifs is 1. The minimum absolute atomic E-state index is 0.0340. The fourth-order valence-electron chi connectivity index (χ4n) is 3.87. The first-order valence-corrected chi connectivity index (χ1v) is 9.81. The van der Waals surface area contributed by atoms with Gasteiger partial charge >= 0.3 is 0 Å². The first-order valence-electron chi connectivity index (χ1n) is 9.81. The van der Waals surface area contributed by atoms with Crippen molar-refractivity contribution in [2.24, 2.45) is 5.92 Å². The molecule has 1 aliphatic rings. The minimum atomic E-state index is -0.143. The normalized spacial score (nSPS) is 14.1. The summed E-state index contributed by atoms with van der Waals surface area (Å²) in [5.41, 5.74) is 3.57. The monoisotopic (exact) mass is 400 g/mol. The van der Waals surface area contributed by atoms with Crippen LogP contribution in [0.15, 0.2) is 65.8 Å². The summed E-state index contributed by atoms with van der Waals surface area (Å²) in [6.07, 6.45) is 5.25. The van der Waals surface area contributed by atoms with Crippen LogP contribution in [0.25, 0.3) is 16.9 Å². The molecular formula is C22H20N6O2. The van der Waals surface area contributed by atoms with Gasteiger partial charge in [0.2, 0.25) is 0 Å². The second-order valence-corrected chi connectivity index (χ2v) is 7.53. The van der Waals surface area contributed by atoms with Gasteiger partial charge in [-0.15, -0.1) is 0 Å². The maximum Gasteiger partial charge on any atom is 0.272 e. The molecule has 0 bridgehead atoms. The molecule has 0 radical (unpaired) electrons. The lowest BCUT2D eigenvalue weighted by atomic mass is 9.99. The third-order valence-corrected chi connectivity index (χ3v) is 5.43. The highest BCUT2D eigenvalue weighted by molar-refractivity contribution is 5.95. The zero-order chi connectivity index (χ0) is 20.7. The van der Waals surface area contributed by atoms with Gasteiger partial charge in [0.15, 0.2) is 0 Å². The number of pyridine rings is 2. The molecule has 30 heavy (non-hydrogen) atoms. The van der Waals surface area contributed by atoms with Crippen molar-refractivity contribution in [3.63, 3.8) is 0 Å². The summed E-state index contributed by atoms with van der Waals surface area (Å²) >= 11 is 0. The molecule has 1 fully saturated rings. The number of carbonyl (C=O) groups is 1. The fraction of sp³-hybridized carbons (Fsp3) is 0.227. The first-order chi connectivity index (χ1) is 14.6. The van der Waals surface area contributed by atoms with Gasteiger partial charge in [-0.05, 0) is 37.3 Å². The Hall–Kier alpha value is -3.81. The SMILES string of the molecule is Cc1nc2ccccn2c1C(=O)N1CC(Cn2nc(-c3ccncc3)ccc2=O)C1. The van der Waals surface area contributed by atoms with E-state index in [1.807, 2.05) is 47.9 Å². The fourth-order valence-corrected chi connectivity index (χ4v) is 3.87. The molecule has 1 aliphatic heterocycles. The first kappa shape index (κ1) is 18.2. The van der Waals surface area contributed by atoms with Crippen molar-refractivity contribution in [3.05, 3.63) is 82.8 Å². The molecule has 0 unspecified atom stereocenters. The van der Waals surface area contributed by atoms with Gasteiger partial charge in [0.1, 0.15) is 11.3 Å². The van der Waals surface area contributed by atoms with E-state index in [1.54, 1.807) is 23.4 Å². The number of likely N-dealkylation sites (tertiary alicyclic amines) is 1. The van der Waals surface area contributed by atoms with Crippen molar-refractivity contribution in [1.29, 1.82) is 0 Å². The molecule has 0 saturated carbocycles. The van der Waals surface area contributed by atoms with E-state index in [0.29, 0.717) is 25.3 Å². The molecule has 0 N–H and O–H groups in total. The second-order valence-electron chi connectivity index (χ2n) is 7.53. The lowest BCUT2D eigenvalue weighted by Crippen LogP contribution is -2.52. The number of aryl methyl sites for hydroxylation is 1. The van der Waals surface area contributed by atoms with Gasteiger partial charge in [-0.25, -0.2) is 9.67 Å². The lowest BCUT2D eigenvalue weighted by Gasteiger charge is -2.39. The quantitative estimate of drug-likeness (QED) is 0.523. The highest BCUT2D eigenvalue weighted by Crippen LogP contribution is 2.22. The van der Waals surface area contributed by atoms with E-state index in [-0.39, 0.29) is 17.4 Å². The molecule has 1 amide bonds. The second kappa shape index (κ2) is 7.22. The number of hydrogen-bond donors (Lipinski definition) is 0. The van der Waals surface area contributed by atoms with Crippen LogP contribution < -0.4 is 5.56 Å². The Morgan fingerprint density at radius 1 is 1.10 bits per heavy atom. The van der Waals surface area contributed by atoms with Crippen LogP contribution in [0.1, 0.15) is 16.2 Å². The average molecular weight is 400 g/mol. The van der Waals surface area contributed by atoms with Crippen LogP contribution in [0.3, 0.4) is 0 Å². The number of amides is 1. The van der Waals surface area contributed by atoms with E-state index >= 15 is 0 Å². The maximum atomic E-state index is 13.0. The molecule has 0 atom stereocenters. The van der Waals surface area contributed by atoms with E-state index in [9.17, 15) is 9.59 Å². The van der Waals surface area contributed by atoms with E-state index in [0.717, 1.165) is 22.6 Å². The Labute approximate surface area is 172 Å². The molecule has 4 aromatic heterocycles. The molecular weight excluding hydrogens is 380 g/mol. The van der Waals surface area contributed by atoms with Crippen molar-refractivity contribution >= 4 is 11.6 Å². The van der Waals surface area contributed by atoms with Crippen molar-refractivity contribution < 1.29 is 4.79 Å². The van der Waals surface area contributed by atoms with Gasteiger partial charge in [0, 0.05) is 49.2 Å². The number of hydrogen-bond acceptors (Lipinski definition) is 5. The van der Waals surface area contributed by atoms with Crippen LogP contribution in [-0.4, -0.2) is 48.0 Å². The van der Waals surface area contributed by atoms with Gasteiger partial charge < -0.3 is 4.90 Å². The van der Waals surface area contributed by atoms with Gasteiger partial charge in [-0.1, -0.05) is 6.07 Å². The van der Waals surface area contributed by atoms with Gasteiger partial charge in [0.25, 0.3) is 11.5 Å². The highest BCUT2D eigenvalue weighted by atomic mass is 16.2. The van der Waals surface area contributed by atoms with Crippen LogP contribution in [0.5, 0.6) is 0 Å². The third kappa shape index (κ3) is 3.16. The average Bonchev–Trinajstić information content (AvgIpc) is 3.07. The molecule has 8 heteroatoms. The molecule has 0 aromatic carbocycles. The van der Waals surface area contributed by atoms with Crippen molar-refractivity contribution in [2.75, 3.05) is 13.1 Å². The molecule has 5 heterocycles. The maximum absolute atomic E-state index is 13.0. The number of carbonyl (C=O) groups excluding carboxylic acids is 1. The van der Waals surface area contributed by atoms with Crippen LogP contribution in [0, 0.1) is 12.8 Å². The van der Waals surface area contributed by atoms with Gasteiger partial charge in [0.05, 0.1) is 17.9 Å². The molecule has 4 aromatic rings. The molecule has 0 spiro atoms. The summed E-state index contributed by atoms with van der Waals surface area (Å²) in [6, 6.07) is 12.7.